The smallest absolute Gasteiger partial charge is 0.311 e. The van der Waals surface area contributed by atoms with Crippen molar-refractivity contribution in [3.8, 4) is 0 Å². The van der Waals surface area contributed by atoms with Crippen LogP contribution >= 0.6 is 0 Å². The quantitative estimate of drug-likeness (QED) is 0.324. The van der Waals surface area contributed by atoms with Gasteiger partial charge in [0.25, 0.3) is 0 Å². The van der Waals surface area contributed by atoms with E-state index in [0.717, 1.165) is 0 Å². The van der Waals surface area contributed by atoms with Gasteiger partial charge in [-0.25, -0.2) is 0 Å². The lowest BCUT2D eigenvalue weighted by atomic mass is 9.55. The zero-order chi connectivity index (χ0) is 22.1. The Bertz CT molecular complexity index is 519. The van der Waals surface area contributed by atoms with Gasteiger partial charge in [-0.15, -0.1) is 0 Å². The number of hydrogen-bond acceptors (Lipinski definition) is 4. The summed E-state index contributed by atoms with van der Waals surface area (Å²) < 4.78 is 0. The summed E-state index contributed by atoms with van der Waals surface area (Å²) in [7, 11) is 0. The summed E-state index contributed by atoms with van der Waals surface area (Å²) in [4.78, 5) is 47.8. The van der Waals surface area contributed by atoms with Crippen molar-refractivity contribution in [2.24, 2.45) is 22.7 Å². The molecule has 0 bridgehead atoms. The molecule has 0 saturated carbocycles. The molecule has 8 nitrogen and oxygen atoms in total. The largest absolute Gasteiger partial charge is 0.481 e. The zero-order valence-electron chi connectivity index (χ0n) is 17.2. The fourth-order valence-electron chi connectivity index (χ4n) is 3.91. The van der Waals surface area contributed by atoms with Crippen molar-refractivity contribution < 1.29 is 39.6 Å². The molecule has 0 aromatic rings. The van der Waals surface area contributed by atoms with E-state index in [2.05, 4.69) is 0 Å². The summed E-state index contributed by atoms with van der Waals surface area (Å²) >= 11 is 0. The number of hydrogen-bond donors (Lipinski definition) is 4. The van der Waals surface area contributed by atoms with Crippen LogP contribution in [0.2, 0.25) is 0 Å². The van der Waals surface area contributed by atoms with Crippen molar-refractivity contribution >= 4 is 23.9 Å². The van der Waals surface area contributed by atoms with Gasteiger partial charge in [-0.05, 0) is 24.7 Å². The van der Waals surface area contributed by atoms with Crippen molar-refractivity contribution in [1.29, 1.82) is 0 Å². The molecule has 28 heavy (non-hydrogen) atoms. The molecule has 0 aliphatic carbocycles. The predicted molar refractivity (Wildman–Crippen MR) is 102 cm³/mol. The second-order valence-electron chi connectivity index (χ2n) is 8.49. The number of carboxylic acid groups (broad SMARTS) is 4. The third kappa shape index (κ3) is 6.80. The summed E-state index contributed by atoms with van der Waals surface area (Å²) in [6.07, 6.45) is -0.482. The van der Waals surface area contributed by atoms with Crippen LogP contribution in [0, 0.1) is 22.7 Å². The molecule has 0 spiro atoms. The Morgan fingerprint density at radius 1 is 0.643 bits per heavy atom. The molecule has 2 unspecified atom stereocenters. The molecule has 2 atom stereocenters. The topological polar surface area (TPSA) is 149 Å². The Morgan fingerprint density at radius 3 is 1.11 bits per heavy atom. The molecule has 0 radical (unpaired) electrons. The lowest BCUT2D eigenvalue weighted by Crippen LogP contribution is -2.55. The first-order valence-electron chi connectivity index (χ1n) is 9.71. The normalized spacial score (nSPS) is 15.8. The lowest BCUT2D eigenvalue weighted by molar-refractivity contribution is -0.184. The maximum atomic E-state index is 12.3. The average Bonchev–Trinajstić information content (AvgIpc) is 2.50. The monoisotopic (exact) mass is 402 g/mol. The molecule has 0 aliphatic heterocycles. The highest BCUT2D eigenvalue weighted by Crippen LogP contribution is 2.53. The lowest BCUT2D eigenvalue weighted by Gasteiger charge is -2.44. The summed E-state index contributed by atoms with van der Waals surface area (Å²) in [6.45, 7) is 7.68. The van der Waals surface area contributed by atoms with Gasteiger partial charge in [0.2, 0.25) is 0 Å². The predicted octanol–water partition coefficient (Wildman–Crippen LogP) is 3.73. The van der Waals surface area contributed by atoms with Crippen LogP contribution in [0.25, 0.3) is 0 Å². The minimum atomic E-state index is -2.20. The molecule has 0 aromatic heterocycles. The fraction of sp³-hybridized carbons (Fsp3) is 0.800. The van der Waals surface area contributed by atoms with Crippen LogP contribution in [-0.2, 0) is 19.2 Å². The van der Waals surface area contributed by atoms with Gasteiger partial charge in [0, 0.05) is 0 Å². The average molecular weight is 402 g/mol. The van der Waals surface area contributed by atoms with Crippen LogP contribution in [-0.4, -0.2) is 44.3 Å². The van der Waals surface area contributed by atoms with Gasteiger partial charge in [-0.1, -0.05) is 53.4 Å². The van der Waals surface area contributed by atoms with E-state index in [1.165, 1.54) is 0 Å². The molecule has 162 valence electrons. The summed E-state index contributed by atoms with van der Waals surface area (Å²) in [5.74, 6) is -5.59. The van der Waals surface area contributed by atoms with Gasteiger partial charge in [0.15, 0.2) is 0 Å². The van der Waals surface area contributed by atoms with Crippen molar-refractivity contribution in [3.63, 3.8) is 0 Å². The van der Waals surface area contributed by atoms with Crippen LogP contribution in [0.5, 0.6) is 0 Å². The Kier molecular flexibility index (Phi) is 10.2. The van der Waals surface area contributed by atoms with Gasteiger partial charge < -0.3 is 20.4 Å². The van der Waals surface area contributed by atoms with E-state index in [0.29, 0.717) is 25.7 Å². The molecule has 0 amide bonds. The molecular formula is C20H34O8. The first-order valence-corrected chi connectivity index (χ1v) is 9.71. The first-order chi connectivity index (χ1) is 12.8. The summed E-state index contributed by atoms with van der Waals surface area (Å²) in [5.41, 5.74) is -4.40. The van der Waals surface area contributed by atoms with Gasteiger partial charge in [-0.3, -0.25) is 19.2 Å². The standard InChI is InChI=1S/C20H34O8/c1-13(2)7-5-9-19(17(25)26,11-15(21)22)20(18(27)28,12-16(23)24)10-6-8-14(3)4/h13-14H,5-12H2,1-4H3,(H,21,22)(H,23,24)(H,25,26)(H,27,28). The fourth-order valence-corrected chi connectivity index (χ4v) is 3.91. The van der Waals surface area contributed by atoms with Gasteiger partial charge in [0.05, 0.1) is 23.7 Å². The minimum absolute atomic E-state index is 0.200. The van der Waals surface area contributed by atoms with Gasteiger partial charge in [-0.2, -0.15) is 0 Å². The molecule has 0 rings (SSSR count). The Morgan fingerprint density at radius 2 is 0.929 bits per heavy atom. The van der Waals surface area contributed by atoms with E-state index >= 15 is 0 Å². The maximum absolute atomic E-state index is 12.3. The van der Waals surface area contributed by atoms with E-state index < -0.39 is 47.5 Å². The summed E-state index contributed by atoms with van der Waals surface area (Å²) in [5, 5.41) is 38.8. The Hall–Kier alpha value is -2.12. The first kappa shape index (κ1) is 25.9. The molecule has 0 aliphatic rings. The number of rotatable bonds is 15. The Labute approximate surface area is 165 Å². The molecule has 8 heteroatoms. The van der Waals surface area contributed by atoms with Gasteiger partial charge in [0.1, 0.15) is 0 Å². The number of carbonyl (C=O) groups is 4. The van der Waals surface area contributed by atoms with E-state index in [9.17, 15) is 39.6 Å². The zero-order valence-corrected chi connectivity index (χ0v) is 17.2. The number of aliphatic carboxylic acids is 4. The minimum Gasteiger partial charge on any atom is -0.481 e. The van der Waals surface area contributed by atoms with Crippen molar-refractivity contribution in [2.45, 2.75) is 79.1 Å². The highest BCUT2D eigenvalue weighted by molar-refractivity contribution is 5.92. The van der Waals surface area contributed by atoms with E-state index in [4.69, 9.17) is 0 Å². The van der Waals surface area contributed by atoms with E-state index in [1.807, 2.05) is 27.7 Å². The maximum Gasteiger partial charge on any atom is 0.311 e. The second-order valence-corrected chi connectivity index (χ2v) is 8.49. The van der Waals surface area contributed by atoms with Crippen LogP contribution in [0.15, 0.2) is 0 Å². The van der Waals surface area contributed by atoms with E-state index in [1.54, 1.807) is 0 Å². The third-order valence-corrected chi connectivity index (χ3v) is 5.41. The van der Waals surface area contributed by atoms with Gasteiger partial charge >= 0.3 is 23.9 Å². The molecule has 0 fully saturated rings. The third-order valence-electron chi connectivity index (χ3n) is 5.41. The SMILES string of the molecule is CC(C)CCCC(CC(=O)O)(C(=O)O)C(CCCC(C)C)(CC(=O)O)C(=O)O. The Balaban J connectivity index is 6.41. The van der Waals surface area contributed by atoms with Crippen LogP contribution in [0.3, 0.4) is 0 Å². The molecular weight excluding hydrogens is 368 g/mol. The van der Waals surface area contributed by atoms with Crippen molar-refractivity contribution in [2.75, 3.05) is 0 Å². The van der Waals surface area contributed by atoms with Crippen LogP contribution in [0.4, 0.5) is 0 Å². The second kappa shape index (κ2) is 11.0. The molecule has 4 N–H and O–H groups in total. The van der Waals surface area contributed by atoms with Crippen LogP contribution < -0.4 is 0 Å². The summed E-state index contributed by atoms with van der Waals surface area (Å²) in [6, 6.07) is 0. The highest BCUT2D eigenvalue weighted by atomic mass is 16.4. The molecule has 0 heterocycles. The van der Waals surface area contributed by atoms with E-state index in [-0.39, 0.29) is 24.7 Å². The number of carboxylic acids is 4. The van der Waals surface area contributed by atoms with Crippen LogP contribution in [0.1, 0.15) is 79.1 Å². The molecule has 0 aromatic carbocycles. The van der Waals surface area contributed by atoms with Crippen molar-refractivity contribution in [1.82, 2.24) is 0 Å². The van der Waals surface area contributed by atoms with Crippen molar-refractivity contribution in [3.05, 3.63) is 0 Å². The highest BCUT2D eigenvalue weighted by Gasteiger charge is 2.62. The molecule has 0 saturated heterocycles.